The molecule has 0 heterocycles. The average Bonchev–Trinajstić information content (AvgIpc) is 2.28. The highest BCUT2D eigenvalue weighted by Gasteiger charge is 2.15. The van der Waals surface area contributed by atoms with Crippen LogP contribution in [0.4, 0.5) is 0 Å². The molecular weight excluding hydrogens is 238 g/mol. The highest BCUT2D eigenvalue weighted by Crippen LogP contribution is 2.22. The van der Waals surface area contributed by atoms with Crippen molar-refractivity contribution in [3.8, 4) is 0 Å². The molecule has 106 valence electrons. The maximum Gasteiger partial charge on any atom is 0.304 e. The van der Waals surface area contributed by atoms with Crippen molar-refractivity contribution in [2.75, 3.05) is 6.54 Å². The van der Waals surface area contributed by atoms with E-state index in [9.17, 15) is 4.79 Å². The van der Waals surface area contributed by atoms with E-state index in [2.05, 4.69) is 50.4 Å². The molecule has 0 aliphatic carbocycles. The Morgan fingerprint density at radius 2 is 1.84 bits per heavy atom. The molecule has 19 heavy (non-hydrogen) atoms. The summed E-state index contributed by atoms with van der Waals surface area (Å²) in [6, 6.07) is 8.49. The van der Waals surface area contributed by atoms with Gasteiger partial charge in [-0.15, -0.1) is 0 Å². The molecule has 0 bridgehead atoms. The molecule has 0 aromatic heterocycles. The summed E-state index contributed by atoms with van der Waals surface area (Å²) >= 11 is 0. The zero-order valence-electron chi connectivity index (χ0n) is 12.4. The van der Waals surface area contributed by atoms with Crippen LogP contribution in [0, 0.1) is 0 Å². The van der Waals surface area contributed by atoms with Gasteiger partial charge in [0, 0.05) is 6.04 Å². The van der Waals surface area contributed by atoms with Crippen LogP contribution < -0.4 is 5.32 Å². The predicted molar refractivity (Wildman–Crippen MR) is 78.6 cm³/mol. The van der Waals surface area contributed by atoms with Gasteiger partial charge in [0.25, 0.3) is 0 Å². The predicted octanol–water partition coefficient (Wildman–Crippen LogP) is 2.98. The minimum absolute atomic E-state index is 0.00277. The van der Waals surface area contributed by atoms with E-state index in [0.29, 0.717) is 0 Å². The molecule has 1 aromatic carbocycles. The van der Waals surface area contributed by atoms with Crippen LogP contribution in [0.15, 0.2) is 24.3 Å². The first-order valence-corrected chi connectivity index (χ1v) is 6.87. The van der Waals surface area contributed by atoms with Gasteiger partial charge in [-0.05, 0) is 29.5 Å². The largest absolute Gasteiger partial charge is 0.481 e. The number of benzene rings is 1. The van der Waals surface area contributed by atoms with E-state index >= 15 is 0 Å². The smallest absolute Gasteiger partial charge is 0.304 e. The Kier molecular flexibility index (Phi) is 5.55. The molecule has 0 amide bonds. The first-order valence-electron chi connectivity index (χ1n) is 6.87. The number of carbonyl (C=O) groups is 1. The van der Waals surface area contributed by atoms with Crippen LogP contribution in [0.2, 0.25) is 0 Å². The molecule has 1 atom stereocenters. The van der Waals surface area contributed by atoms with E-state index in [-0.39, 0.29) is 17.9 Å². The third kappa shape index (κ3) is 5.43. The summed E-state index contributed by atoms with van der Waals surface area (Å²) < 4.78 is 0. The van der Waals surface area contributed by atoms with Crippen LogP contribution in [0.1, 0.15) is 45.2 Å². The highest BCUT2D eigenvalue weighted by molar-refractivity contribution is 5.67. The first kappa shape index (κ1) is 15.7. The number of carboxylic acid groups (broad SMARTS) is 1. The normalized spacial score (nSPS) is 13.3. The molecule has 1 unspecified atom stereocenters. The highest BCUT2D eigenvalue weighted by atomic mass is 16.4. The number of nitrogens with one attached hydrogen (secondary N) is 1. The third-order valence-electron chi connectivity index (χ3n) is 3.22. The number of hydrogen-bond acceptors (Lipinski definition) is 2. The van der Waals surface area contributed by atoms with Crippen molar-refractivity contribution in [2.24, 2.45) is 0 Å². The van der Waals surface area contributed by atoms with Crippen molar-refractivity contribution in [3.05, 3.63) is 35.4 Å². The number of carboxylic acids is 1. The van der Waals surface area contributed by atoms with Crippen molar-refractivity contribution >= 4 is 5.97 Å². The minimum Gasteiger partial charge on any atom is -0.481 e. The van der Waals surface area contributed by atoms with Gasteiger partial charge in [-0.3, -0.25) is 4.79 Å². The van der Waals surface area contributed by atoms with Crippen LogP contribution in [-0.4, -0.2) is 23.7 Å². The summed E-state index contributed by atoms with van der Waals surface area (Å²) in [6.07, 6.45) is 0.916. The lowest BCUT2D eigenvalue weighted by Gasteiger charge is -2.20. The number of aliphatic carboxylic acids is 1. The second-order valence-electron chi connectivity index (χ2n) is 6.00. The molecule has 0 saturated carbocycles. The zero-order chi connectivity index (χ0) is 14.5. The number of likely N-dealkylation sites (N-methyl/N-ethyl adjacent to an activating group) is 1. The third-order valence-corrected chi connectivity index (χ3v) is 3.22. The number of rotatable bonds is 6. The monoisotopic (exact) mass is 263 g/mol. The Labute approximate surface area is 116 Å². The quantitative estimate of drug-likeness (QED) is 0.829. The van der Waals surface area contributed by atoms with Gasteiger partial charge < -0.3 is 10.4 Å². The maximum atomic E-state index is 10.8. The second kappa shape index (κ2) is 6.71. The molecular formula is C16H25NO2. The summed E-state index contributed by atoms with van der Waals surface area (Å²) in [5, 5.41) is 12.1. The van der Waals surface area contributed by atoms with Gasteiger partial charge in [-0.25, -0.2) is 0 Å². The molecule has 0 aliphatic rings. The van der Waals surface area contributed by atoms with Crippen LogP contribution >= 0.6 is 0 Å². The molecule has 1 rings (SSSR count). The molecule has 3 heteroatoms. The molecule has 0 fully saturated rings. The van der Waals surface area contributed by atoms with Gasteiger partial charge in [-0.1, -0.05) is 52.0 Å². The number of hydrogen-bond donors (Lipinski definition) is 2. The molecule has 0 aliphatic heterocycles. The SMILES string of the molecule is CCNC(CC(=O)O)Cc1ccc(C(C)(C)C)cc1. The summed E-state index contributed by atoms with van der Waals surface area (Å²) in [7, 11) is 0. The van der Waals surface area contributed by atoms with Crippen LogP contribution in [-0.2, 0) is 16.6 Å². The Hall–Kier alpha value is -1.35. The van der Waals surface area contributed by atoms with E-state index < -0.39 is 5.97 Å². The lowest BCUT2D eigenvalue weighted by molar-refractivity contribution is -0.137. The van der Waals surface area contributed by atoms with Gasteiger partial charge in [-0.2, -0.15) is 0 Å². The van der Waals surface area contributed by atoms with Crippen molar-refractivity contribution in [1.29, 1.82) is 0 Å². The molecule has 3 nitrogen and oxygen atoms in total. The fraction of sp³-hybridized carbons (Fsp3) is 0.562. The van der Waals surface area contributed by atoms with Gasteiger partial charge in [0.15, 0.2) is 0 Å². The van der Waals surface area contributed by atoms with Crippen molar-refractivity contribution in [3.63, 3.8) is 0 Å². The first-order chi connectivity index (χ1) is 8.82. The maximum absolute atomic E-state index is 10.8. The van der Waals surface area contributed by atoms with E-state index in [1.54, 1.807) is 0 Å². The van der Waals surface area contributed by atoms with E-state index in [1.807, 2.05) is 6.92 Å². The molecule has 0 saturated heterocycles. The Morgan fingerprint density at radius 1 is 1.26 bits per heavy atom. The standard InChI is InChI=1S/C16H25NO2/c1-5-17-14(11-15(18)19)10-12-6-8-13(9-7-12)16(2,3)4/h6-9,14,17H,5,10-11H2,1-4H3,(H,18,19). The minimum atomic E-state index is -0.753. The summed E-state index contributed by atoms with van der Waals surface area (Å²) in [5.74, 6) is -0.753. The van der Waals surface area contributed by atoms with Gasteiger partial charge in [0.1, 0.15) is 0 Å². The molecule has 1 aromatic rings. The van der Waals surface area contributed by atoms with E-state index in [0.717, 1.165) is 13.0 Å². The van der Waals surface area contributed by atoms with Gasteiger partial charge >= 0.3 is 5.97 Å². The van der Waals surface area contributed by atoms with Crippen molar-refractivity contribution < 1.29 is 9.90 Å². The van der Waals surface area contributed by atoms with Crippen molar-refractivity contribution in [1.82, 2.24) is 5.32 Å². The van der Waals surface area contributed by atoms with Crippen LogP contribution in [0.25, 0.3) is 0 Å². The van der Waals surface area contributed by atoms with Gasteiger partial charge in [0.2, 0.25) is 0 Å². The Morgan fingerprint density at radius 3 is 2.26 bits per heavy atom. The Balaban J connectivity index is 2.72. The Bertz CT molecular complexity index is 404. The van der Waals surface area contributed by atoms with E-state index in [1.165, 1.54) is 11.1 Å². The second-order valence-corrected chi connectivity index (χ2v) is 6.00. The summed E-state index contributed by atoms with van der Waals surface area (Å²) in [4.78, 5) is 10.8. The molecule has 0 spiro atoms. The van der Waals surface area contributed by atoms with Crippen LogP contribution in [0.3, 0.4) is 0 Å². The van der Waals surface area contributed by atoms with E-state index in [4.69, 9.17) is 5.11 Å². The van der Waals surface area contributed by atoms with Crippen molar-refractivity contribution in [2.45, 2.75) is 52.0 Å². The lowest BCUT2D eigenvalue weighted by Crippen LogP contribution is -2.33. The fourth-order valence-corrected chi connectivity index (χ4v) is 2.14. The topological polar surface area (TPSA) is 49.3 Å². The molecule has 0 radical (unpaired) electrons. The summed E-state index contributed by atoms with van der Waals surface area (Å²) in [6.45, 7) is 9.35. The zero-order valence-corrected chi connectivity index (χ0v) is 12.4. The lowest BCUT2D eigenvalue weighted by atomic mass is 9.86. The fourth-order valence-electron chi connectivity index (χ4n) is 2.14. The molecule has 2 N–H and O–H groups in total. The van der Waals surface area contributed by atoms with Gasteiger partial charge in [0.05, 0.1) is 6.42 Å². The van der Waals surface area contributed by atoms with Crippen LogP contribution in [0.5, 0.6) is 0 Å². The average molecular weight is 263 g/mol. The summed E-state index contributed by atoms with van der Waals surface area (Å²) in [5.41, 5.74) is 2.63.